The lowest BCUT2D eigenvalue weighted by Gasteiger charge is -2.19. The Bertz CT molecular complexity index is 595. The van der Waals surface area contributed by atoms with E-state index in [1.54, 1.807) is 39.5 Å². The van der Waals surface area contributed by atoms with Gasteiger partial charge in [0.05, 0.1) is 20.8 Å². The fourth-order valence-electron chi connectivity index (χ4n) is 2.31. The number of rotatable bonds is 6. The fraction of sp³-hybridized carbons (Fsp3) is 0.294. The van der Waals surface area contributed by atoms with Crippen LogP contribution in [0, 0.1) is 0 Å². The average Bonchev–Trinajstić information content (AvgIpc) is 2.54. The third-order valence-corrected chi connectivity index (χ3v) is 3.38. The lowest BCUT2D eigenvalue weighted by Crippen LogP contribution is -2.06. The second-order valence-corrected chi connectivity index (χ2v) is 4.64. The molecule has 0 aliphatic carbocycles. The maximum Gasteiger partial charge on any atom is 0.125 e. The van der Waals surface area contributed by atoms with Crippen LogP contribution in [0.2, 0.25) is 0 Å². The molecular formula is C17H20O4. The van der Waals surface area contributed by atoms with Crippen LogP contribution in [0.25, 0.3) is 0 Å². The summed E-state index contributed by atoms with van der Waals surface area (Å²) in [4.78, 5) is 0. The molecule has 4 nitrogen and oxygen atoms in total. The molecule has 2 rings (SSSR count). The number of hydrogen-bond donors (Lipinski definition) is 1. The highest BCUT2D eigenvalue weighted by atomic mass is 16.5. The van der Waals surface area contributed by atoms with Gasteiger partial charge < -0.3 is 19.3 Å². The molecule has 0 aliphatic rings. The molecule has 0 aromatic heterocycles. The topological polar surface area (TPSA) is 47.9 Å². The van der Waals surface area contributed by atoms with Gasteiger partial charge in [0.25, 0.3) is 0 Å². The Labute approximate surface area is 124 Å². The quantitative estimate of drug-likeness (QED) is 0.888. The van der Waals surface area contributed by atoms with Crippen molar-refractivity contribution >= 4 is 0 Å². The third-order valence-electron chi connectivity index (χ3n) is 3.38. The highest BCUT2D eigenvalue weighted by molar-refractivity contribution is 5.46. The van der Waals surface area contributed by atoms with Crippen LogP contribution in [0.1, 0.15) is 22.8 Å². The Balaban J connectivity index is 2.46. The SMILES string of the molecule is COCc1ccccc1C(O)c1cc(OC)ccc1OC. The Morgan fingerprint density at radius 2 is 1.71 bits per heavy atom. The molecule has 0 fully saturated rings. The average molecular weight is 288 g/mol. The van der Waals surface area contributed by atoms with Crippen molar-refractivity contribution in [3.05, 3.63) is 59.2 Å². The van der Waals surface area contributed by atoms with Crippen LogP contribution in [0.15, 0.2) is 42.5 Å². The first-order chi connectivity index (χ1) is 10.2. The Kier molecular flexibility index (Phi) is 5.20. The van der Waals surface area contributed by atoms with E-state index in [0.29, 0.717) is 23.7 Å². The zero-order valence-electron chi connectivity index (χ0n) is 12.5. The van der Waals surface area contributed by atoms with Gasteiger partial charge in [-0.25, -0.2) is 0 Å². The number of ether oxygens (including phenoxy) is 3. The first-order valence-electron chi connectivity index (χ1n) is 6.68. The lowest BCUT2D eigenvalue weighted by atomic mass is 9.96. The van der Waals surface area contributed by atoms with Gasteiger partial charge in [0.15, 0.2) is 0 Å². The second kappa shape index (κ2) is 7.11. The van der Waals surface area contributed by atoms with Gasteiger partial charge >= 0.3 is 0 Å². The Hall–Kier alpha value is -2.04. The van der Waals surface area contributed by atoms with Crippen LogP contribution >= 0.6 is 0 Å². The van der Waals surface area contributed by atoms with E-state index < -0.39 is 6.10 Å². The molecule has 2 aromatic rings. The number of aliphatic hydroxyl groups is 1. The summed E-state index contributed by atoms with van der Waals surface area (Å²) in [5.41, 5.74) is 2.41. The van der Waals surface area contributed by atoms with Gasteiger partial charge in [0.1, 0.15) is 17.6 Å². The molecule has 0 saturated heterocycles. The van der Waals surface area contributed by atoms with E-state index in [-0.39, 0.29) is 0 Å². The zero-order chi connectivity index (χ0) is 15.2. The van der Waals surface area contributed by atoms with E-state index >= 15 is 0 Å². The van der Waals surface area contributed by atoms with Gasteiger partial charge in [-0.05, 0) is 29.3 Å². The van der Waals surface area contributed by atoms with E-state index in [4.69, 9.17) is 14.2 Å². The summed E-state index contributed by atoms with van der Waals surface area (Å²) in [6, 6.07) is 13.0. The molecule has 0 bridgehead atoms. The molecule has 0 heterocycles. The van der Waals surface area contributed by atoms with Gasteiger partial charge in [-0.15, -0.1) is 0 Å². The molecule has 1 unspecified atom stereocenters. The summed E-state index contributed by atoms with van der Waals surface area (Å²) >= 11 is 0. The summed E-state index contributed by atoms with van der Waals surface area (Å²) in [6.45, 7) is 0.444. The molecule has 112 valence electrons. The summed E-state index contributed by atoms with van der Waals surface area (Å²) in [5, 5.41) is 10.7. The van der Waals surface area contributed by atoms with Crippen molar-refractivity contribution in [3.8, 4) is 11.5 Å². The summed E-state index contributed by atoms with van der Waals surface area (Å²) in [6.07, 6.45) is -0.804. The minimum atomic E-state index is -0.804. The van der Waals surface area contributed by atoms with E-state index in [2.05, 4.69) is 0 Å². The number of aliphatic hydroxyl groups excluding tert-OH is 1. The molecule has 0 radical (unpaired) electrons. The van der Waals surface area contributed by atoms with Crippen LogP contribution in [-0.2, 0) is 11.3 Å². The van der Waals surface area contributed by atoms with Crippen molar-refractivity contribution < 1.29 is 19.3 Å². The van der Waals surface area contributed by atoms with Gasteiger partial charge in [0.2, 0.25) is 0 Å². The smallest absolute Gasteiger partial charge is 0.125 e. The summed E-state index contributed by atoms with van der Waals surface area (Å²) < 4.78 is 15.8. The Morgan fingerprint density at radius 3 is 2.38 bits per heavy atom. The van der Waals surface area contributed by atoms with Gasteiger partial charge in [0, 0.05) is 12.7 Å². The molecule has 0 saturated carbocycles. The fourth-order valence-corrected chi connectivity index (χ4v) is 2.31. The number of methoxy groups -OCH3 is 3. The minimum absolute atomic E-state index is 0.444. The largest absolute Gasteiger partial charge is 0.497 e. The molecular weight excluding hydrogens is 268 g/mol. The van der Waals surface area contributed by atoms with Gasteiger partial charge in [-0.2, -0.15) is 0 Å². The molecule has 0 amide bonds. The normalized spacial score (nSPS) is 12.0. The lowest BCUT2D eigenvalue weighted by molar-refractivity contribution is 0.175. The predicted molar refractivity (Wildman–Crippen MR) is 80.8 cm³/mol. The zero-order valence-corrected chi connectivity index (χ0v) is 12.5. The molecule has 1 atom stereocenters. The van der Waals surface area contributed by atoms with Crippen molar-refractivity contribution in [2.45, 2.75) is 12.7 Å². The third kappa shape index (κ3) is 3.35. The Morgan fingerprint density at radius 1 is 0.952 bits per heavy atom. The van der Waals surface area contributed by atoms with Crippen LogP contribution in [0.5, 0.6) is 11.5 Å². The van der Waals surface area contributed by atoms with Crippen LogP contribution in [-0.4, -0.2) is 26.4 Å². The molecule has 2 aromatic carbocycles. The second-order valence-electron chi connectivity index (χ2n) is 4.64. The monoisotopic (exact) mass is 288 g/mol. The maximum absolute atomic E-state index is 10.7. The van der Waals surface area contributed by atoms with Crippen LogP contribution < -0.4 is 9.47 Å². The standard InChI is InChI=1S/C17H20O4/c1-19-11-12-6-4-5-7-14(12)17(18)15-10-13(20-2)8-9-16(15)21-3/h4-10,17-18H,11H2,1-3H3. The number of benzene rings is 2. The predicted octanol–water partition coefficient (Wildman–Crippen LogP) is 2.93. The molecule has 21 heavy (non-hydrogen) atoms. The minimum Gasteiger partial charge on any atom is -0.497 e. The van der Waals surface area contributed by atoms with E-state index in [0.717, 1.165) is 11.1 Å². The molecule has 1 N–H and O–H groups in total. The van der Waals surface area contributed by atoms with Gasteiger partial charge in [-0.1, -0.05) is 24.3 Å². The molecule has 4 heteroatoms. The van der Waals surface area contributed by atoms with Crippen molar-refractivity contribution in [2.75, 3.05) is 21.3 Å². The first kappa shape index (κ1) is 15.4. The van der Waals surface area contributed by atoms with E-state index in [9.17, 15) is 5.11 Å². The summed E-state index contributed by atoms with van der Waals surface area (Å²) in [5.74, 6) is 1.30. The highest BCUT2D eigenvalue weighted by Crippen LogP contribution is 2.34. The molecule has 0 aliphatic heterocycles. The first-order valence-corrected chi connectivity index (χ1v) is 6.68. The molecule has 0 spiro atoms. The van der Waals surface area contributed by atoms with Crippen molar-refractivity contribution in [1.29, 1.82) is 0 Å². The van der Waals surface area contributed by atoms with Crippen molar-refractivity contribution in [1.82, 2.24) is 0 Å². The van der Waals surface area contributed by atoms with E-state index in [1.165, 1.54) is 0 Å². The van der Waals surface area contributed by atoms with Crippen LogP contribution in [0.3, 0.4) is 0 Å². The van der Waals surface area contributed by atoms with Crippen molar-refractivity contribution in [3.63, 3.8) is 0 Å². The van der Waals surface area contributed by atoms with Crippen molar-refractivity contribution in [2.24, 2.45) is 0 Å². The van der Waals surface area contributed by atoms with E-state index in [1.807, 2.05) is 24.3 Å². The van der Waals surface area contributed by atoms with Crippen LogP contribution in [0.4, 0.5) is 0 Å². The van der Waals surface area contributed by atoms with Gasteiger partial charge in [-0.3, -0.25) is 0 Å². The maximum atomic E-state index is 10.7. The number of hydrogen-bond acceptors (Lipinski definition) is 4. The highest BCUT2D eigenvalue weighted by Gasteiger charge is 2.19. The summed E-state index contributed by atoms with van der Waals surface area (Å²) in [7, 11) is 4.81.